The van der Waals surface area contributed by atoms with Crippen LogP contribution in [0.25, 0.3) is 0 Å². The molecule has 0 saturated heterocycles. The lowest BCUT2D eigenvalue weighted by Crippen LogP contribution is -2.27. The van der Waals surface area contributed by atoms with Crippen LogP contribution < -0.4 is 14.4 Å². The van der Waals surface area contributed by atoms with Crippen LogP contribution in [0.2, 0.25) is 5.02 Å². The van der Waals surface area contributed by atoms with Gasteiger partial charge in [0.15, 0.2) is 5.82 Å². The Kier molecular flexibility index (Phi) is 7.19. The minimum Gasteiger partial charge on any atom is -0.490 e. The van der Waals surface area contributed by atoms with Crippen molar-refractivity contribution in [2.24, 2.45) is 0 Å². The van der Waals surface area contributed by atoms with E-state index in [1.165, 1.54) is 5.56 Å². The molecule has 2 heterocycles. The Hall–Kier alpha value is -2.74. The number of nitrogens with zero attached hydrogens (tertiary/aromatic N) is 4. The number of imidazole rings is 1. The van der Waals surface area contributed by atoms with E-state index in [1.54, 1.807) is 0 Å². The van der Waals surface area contributed by atoms with Crippen molar-refractivity contribution in [1.82, 2.24) is 14.5 Å². The molecule has 1 aromatic heterocycles. The van der Waals surface area contributed by atoms with Crippen LogP contribution in [-0.2, 0) is 24.4 Å². The number of rotatable bonds is 9. The van der Waals surface area contributed by atoms with Gasteiger partial charge in [0.25, 0.3) is 6.01 Å². The van der Waals surface area contributed by atoms with Gasteiger partial charge in [-0.05, 0) is 49.5 Å². The SMILES string of the molecule is CN(C)Cc1cccc(OCCOc2nc3c(n2Cc2ccc(Cl)cc2)COCN3C)c1. The largest absolute Gasteiger partial charge is 0.490 e. The standard InChI is InChI=1S/C24H29ClN4O3/c1-27(2)14-19-5-4-6-21(13-19)31-11-12-32-24-26-23-22(16-30-17-28(23)3)29(24)15-18-7-9-20(25)10-8-18/h4-10,13H,11-12,14-17H2,1-3H3. The first-order valence-corrected chi connectivity index (χ1v) is 11.0. The zero-order valence-electron chi connectivity index (χ0n) is 18.8. The van der Waals surface area contributed by atoms with Gasteiger partial charge in [-0.25, -0.2) is 0 Å². The van der Waals surface area contributed by atoms with E-state index >= 15 is 0 Å². The van der Waals surface area contributed by atoms with Gasteiger partial charge >= 0.3 is 0 Å². The molecular weight excluding hydrogens is 428 g/mol. The molecule has 0 N–H and O–H groups in total. The second-order valence-electron chi connectivity index (χ2n) is 8.13. The van der Waals surface area contributed by atoms with Gasteiger partial charge in [-0.2, -0.15) is 4.98 Å². The summed E-state index contributed by atoms with van der Waals surface area (Å²) in [6.07, 6.45) is 0. The lowest BCUT2D eigenvalue weighted by molar-refractivity contribution is 0.107. The molecular formula is C24H29ClN4O3. The molecule has 0 unspecified atom stereocenters. The molecule has 0 saturated carbocycles. The molecule has 1 aliphatic heterocycles. The Morgan fingerprint density at radius 3 is 2.62 bits per heavy atom. The first-order valence-electron chi connectivity index (χ1n) is 10.6. The maximum absolute atomic E-state index is 6.06. The minimum atomic E-state index is 0.388. The van der Waals surface area contributed by atoms with E-state index < -0.39 is 0 Å². The number of anilines is 1. The summed E-state index contributed by atoms with van der Waals surface area (Å²) in [4.78, 5) is 8.85. The molecule has 2 aromatic carbocycles. The molecule has 0 atom stereocenters. The van der Waals surface area contributed by atoms with Gasteiger partial charge in [0.1, 0.15) is 25.7 Å². The van der Waals surface area contributed by atoms with Crippen molar-refractivity contribution in [3.8, 4) is 11.8 Å². The number of benzene rings is 2. The molecule has 0 amide bonds. The Labute approximate surface area is 194 Å². The fourth-order valence-corrected chi connectivity index (χ4v) is 3.80. The normalized spacial score (nSPS) is 13.3. The third kappa shape index (κ3) is 5.54. The number of hydrogen-bond acceptors (Lipinski definition) is 6. The average molecular weight is 457 g/mol. The number of aromatic nitrogens is 2. The predicted molar refractivity (Wildman–Crippen MR) is 126 cm³/mol. The third-order valence-electron chi connectivity index (χ3n) is 5.14. The van der Waals surface area contributed by atoms with Crippen molar-refractivity contribution >= 4 is 17.4 Å². The van der Waals surface area contributed by atoms with Crippen LogP contribution in [-0.4, -0.2) is 55.5 Å². The minimum absolute atomic E-state index is 0.388. The summed E-state index contributed by atoms with van der Waals surface area (Å²) < 4.78 is 19.7. The van der Waals surface area contributed by atoms with Crippen LogP contribution in [0.5, 0.6) is 11.8 Å². The maximum atomic E-state index is 6.06. The van der Waals surface area contributed by atoms with Crippen LogP contribution in [0.1, 0.15) is 16.8 Å². The number of fused-ring (bicyclic) bond motifs is 1. The van der Waals surface area contributed by atoms with E-state index in [0.717, 1.165) is 29.4 Å². The van der Waals surface area contributed by atoms with E-state index in [2.05, 4.69) is 35.7 Å². The van der Waals surface area contributed by atoms with Crippen molar-refractivity contribution < 1.29 is 14.2 Å². The Bertz CT molecular complexity index is 1040. The summed E-state index contributed by atoms with van der Waals surface area (Å²) in [5.74, 6) is 1.72. The van der Waals surface area contributed by atoms with Crippen LogP contribution in [0.15, 0.2) is 48.5 Å². The Balaban J connectivity index is 1.43. The van der Waals surface area contributed by atoms with E-state index in [0.29, 0.717) is 44.1 Å². The summed E-state index contributed by atoms with van der Waals surface area (Å²) in [7, 11) is 6.07. The molecule has 0 fully saturated rings. The molecule has 0 aliphatic carbocycles. The number of halogens is 1. The van der Waals surface area contributed by atoms with Crippen LogP contribution in [0, 0.1) is 0 Å². The molecule has 4 rings (SSSR count). The van der Waals surface area contributed by atoms with Crippen molar-refractivity contribution in [3.05, 3.63) is 70.4 Å². The van der Waals surface area contributed by atoms with E-state index in [1.807, 2.05) is 48.3 Å². The molecule has 170 valence electrons. The molecule has 0 spiro atoms. The first-order chi connectivity index (χ1) is 15.5. The highest BCUT2D eigenvalue weighted by molar-refractivity contribution is 6.30. The maximum Gasteiger partial charge on any atom is 0.299 e. The van der Waals surface area contributed by atoms with Gasteiger partial charge in [0, 0.05) is 18.6 Å². The van der Waals surface area contributed by atoms with Crippen LogP contribution in [0.3, 0.4) is 0 Å². The summed E-state index contributed by atoms with van der Waals surface area (Å²) in [6.45, 7) is 3.32. The quantitative estimate of drug-likeness (QED) is 0.453. The van der Waals surface area contributed by atoms with E-state index in [-0.39, 0.29) is 0 Å². The summed E-state index contributed by atoms with van der Waals surface area (Å²) in [6, 6.07) is 16.5. The highest BCUT2D eigenvalue weighted by atomic mass is 35.5. The van der Waals surface area contributed by atoms with E-state index in [4.69, 9.17) is 30.8 Å². The predicted octanol–water partition coefficient (Wildman–Crippen LogP) is 4.03. The summed E-state index contributed by atoms with van der Waals surface area (Å²) >= 11 is 6.04. The van der Waals surface area contributed by atoms with Gasteiger partial charge in [-0.3, -0.25) is 4.57 Å². The highest BCUT2D eigenvalue weighted by Gasteiger charge is 2.25. The van der Waals surface area contributed by atoms with Crippen LogP contribution in [0.4, 0.5) is 5.82 Å². The first kappa shape index (κ1) is 22.5. The van der Waals surface area contributed by atoms with Gasteiger partial charge < -0.3 is 24.0 Å². The Morgan fingerprint density at radius 1 is 1.06 bits per heavy atom. The average Bonchev–Trinajstić information content (AvgIpc) is 3.11. The summed E-state index contributed by atoms with van der Waals surface area (Å²) in [5, 5.41) is 0.716. The smallest absolute Gasteiger partial charge is 0.299 e. The van der Waals surface area contributed by atoms with Crippen molar-refractivity contribution in [3.63, 3.8) is 0 Å². The van der Waals surface area contributed by atoms with Gasteiger partial charge in [-0.15, -0.1) is 0 Å². The third-order valence-corrected chi connectivity index (χ3v) is 5.39. The Morgan fingerprint density at radius 2 is 1.84 bits per heavy atom. The second kappa shape index (κ2) is 10.3. The summed E-state index contributed by atoms with van der Waals surface area (Å²) in [5.41, 5.74) is 3.32. The molecule has 0 bridgehead atoms. The molecule has 0 radical (unpaired) electrons. The fourth-order valence-electron chi connectivity index (χ4n) is 3.68. The zero-order chi connectivity index (χ0) is 22.5. The van der Waals surface area contributed by atoms with Gasteiger partial charge in [-0.1, -0.05) is 35.9 Å². The lowest BCUT2D eigenvalue weighted by Gasteiger charge is -2.24. The highest BCUT2D eigenvalue weighted by Crippen LogP contribution is 2.30. The topological polar surface area (TPSA) is 52.0 Å². The fraction of sp³-hybridized carbons (Fsp3) is 0.375. The van der Waals surface area contributed by atoms with Gasteiger partial charge in [0.2, 0.25) is 0 Å². The van der Waals surface area contributed by atoms with Gasteiger partial charge in [0.05, 0.1) is 18.8 Å². The van der Waals surface area contributed by atoms with Crippen molar-refractivity contribution in [1.29, 1.82) is 0 Å². The molecule has 8 heteroatoms. The molecule has 32 heavy (non-hydrogen) atoms. The molecule has 1 aliphatic rings. The molecule has 3 aromatic rings. The van der Waals surface area contributed by atoms with Crippen molar-refractivity contribution in [2.75, 3.05) is 46.0 Å². The zero-order valence-corrected chi connectivity index (χ0v) is 19.5. The lowest BCUT2D eigenvalue weighted by atomic mass is 10.2. The second-order valence-corrected chi connectivity index (χ2v) is 8.57. The number of hydrogen-bond donors (Lipinski definition) is 0. The number of ether oxygens (including phenoxy) is 3. The monoisotopic (exact) mass is 456 g/mol. The van der Waals surface area contributed by atoms with Crippen molar-refractivity contribution in [2.45, 2.75) is 19.7 Å². The molecule has 7 nitrogen and oxygen atoms in total. The van der Waals surface area contributed by atoms with E-state index in [9.17, 15) is 0 Å². The van der Waals surface area contributed by atoms with Crippen LogP contribution >= 0.6 is 11.6 Å².